The monoisotopic (exact) mass is 323 g/mol. The van der Waals surface area contributed by atoms with Crippen molar-refractivity contribution in [1.82, 2.24) is 4.72 Å². The Balaban J connectivity index is 0.000000774. The normalized spacial score (nSPS) is 22.0. The van der Waals surface area contributed by atoms with Gasteiger partial charge in [0.2, 0.25) is 0 Å². The molecule has 2 aromatic rings. The lowest BCUT2D eigenvalue weighted by molar-refractivity contribution is 0.624. The van der Waals surface area contributed by atoms with Gasteiger partial charge in [-0.05, 0) is 29.3 Å². The number of benzene rings is 2. The molecule has 1 N–H and O–H groups in total. The van der Waals surface area contributed by atoms with E-state index >= 15 is 0 Å². The summed E-state index contributed by atoms with van der Waals surface area (Å²) in [4.78, 5) is 0.805. The van der Waals surface area contributed by atoms with Crippen LogP contribution in [0.15, 0.2) is 41.3 Å². The van der Waals surface area contributed by atoms with Crippen molar-refractivity contribution >= 4 is 32.6 Å². The van der Waals surface area contributed by atoms with Crippen molar-refractivity contribution in [2.45, 2.75) is 31.7 Å². The van der Waals surface area contributed by atoms with E-state index in [-0.39, 0.29) is 6.04 Å². The van der Waals surface area contributed by atoms with Gasteiger partial charge in [-0.25, -0.2) is 8.93 Å². The van der Waals surface area contributed by atoms with E-state index < -0.39 is 21.8 Å². The molecule has 21 heavy (non-hydrogen) atoms. The quantitative estimate of drug-likeness (QED) is 0.944. The summed E-state index contributed by atoms with van der Waals surface area (Å²) in [6, 6.07) is 12.0. The Morgan fingerprint density at radius 2 is 1.71 bits per heavy atom. The Kier molecular flexibility index (Phi) is 5.67. The largest absolute Gasteiger partial charge is 0.259 e. The molecular formula is C16H21NO2S2. The van der Waals surface area contributed by atoms with Crippen LogP contribution < -0.4 is 4.72 Å². The van der Waals surface area contributed by atoms with Crippen LogP contribution in [0.5, 0.6) is 0 Å². The van der Waals surface area contributed by atoms with Gasteiger partial charge in [-0.1, -0.05) is 44.2 Å². The van der Waals surface area contributed by atoms with Gasteiger partial charge < -0.3 is 0 Å². The second-order valence-corrected chi connectivity index (χ2v) is 7.54. The van der Waals surface area contributed by atoms with Crippen molar-refractivity contribution in [1.29, 1.82) is 0 Å². The Hall–Kier alpha value is -1.04. The smallest absolute Gasteiger partial charge is 0.125 e. The maximum absolute atomic E-state index is 12.4. The zero-order valence-electron chi connectivity index (χ0n) is 12.6. The first-order chi connectivity index (χ1) is 10.1. The molecule has 0 aliphatic carbocycles. The standard InChI is InChI=1S/C14H15NO2S2.C2H6/c1-10-6-7-14(13-5-3-2-4-12(10)13)19(17)15-11-8-18(16)9-11;1-2/h2-7,11,15H,8-9H2,1H3;1-2H3. The van der Waals surface area contributed by atoms with E-state index in [1.165, 1.54) is 5.56 Å². The van der Waals surface area contributed by atoms with Crippen molar-refractivity contribution in [2.75, 3.05) is 11.5 Å². The molecule has 0 amide bonds. The molecule has 0 aromatic heterocycles. The van der Waals surface area contributed by atoms with Crippen molar-refractivity contribution in [2.24, 2.45) is 0 Å². The van der Waals surface area contributed by atoms with Crippen LogP contribution in [0.4, 0.5) is 0 Å². The molecule has 2 aromatic carbocycles. The van der Waals surface area contributed by atoms with Gasteiger partial charge in [-0.15, -0.1) is 0 Å². The summed E-state index contributed by atoms with van der Waals surface area (Å²) in [7, 11) is -1.97. The minimum atomic E-state index is -1.24. The summed E-state index contributed by atoms with van der Waals surface area (Å²) < 4.78 is 26.5. The van der Waals surface area contributed by atoms with Crippen LogP contribution in [-0.2, 0) is 21.8 Å². The Morgan fingerprint density at radius 3 is 2.33 bits per heavy atom. The zero-order chi connectivity index (χ0) is 15.4. The first kappa shape index (κ1) is 16.3. The summed E-state index contributed by atoms with van der Waals surface area (Å²) in [5, 5.41) is 2.15. The molecule has 0 saturated carbocycles. The maximum atomic E-state index is 12.4. The van der Waals surface area contributed by atoms with Gasteiger partial charge in [0.15, 0.2) is 0 Å². The van der Waals surface area contributed by atoms with E-state index in [2.05, 4.69) is 11.6 Å². The highest BCUT2D eigenvalue weighted by molar-refractivity contribution is 7.87. The lowest BCUT2D eigenvalue weighted by Gasteiger charge is -2.25. The van der Waals surface area contributed by atoms with Gasteiger partial charge in [0.25, 0.3) is 0 Å². The highest BCUT2D eigenvalue weighted by Crippen LogP contribution is 2.24. The summed E-state index contributed by atoms with van der Waals surface area (Å²) in [5.74, 6) is 1.21. The molecule has 0 radical (unpaired) electrons. The molecule has 114 valence electrons. The van der Waals surface area contributed by atoms with Gasteiger partial charge in [-0.2, -0.15) is 0 Å². The van der Waals surface area contributed by atoms with Crippen LogP contribution in [0, 0.1) is 6.92 Å². The maximum Gasteiger partial charge on any atom is 0.125 e. The molecule has 1 heterocycles. The fourth-order valence-corrected chi connectivity index (χ4v) is 4.61. The minimum Gasteiger partial charge on any atom is -0.259 e. The molecule has 0 spiro atoms. The summed E-state index contributed by atoms with van der Waals surface area (Å²) in [6.07, 6.45) is 0. The molecule has 0 bridgehead atoms. The third-order valence-corrected chi connectivity index (χ3v) is 6.20. The van der Waals surface area contributed by atoms with Gasteiger partial charge in [0.05, 0.1) is 4.90 Å². The minimum absolute atomic E-state index is 0.113. The molecule has 5 heteroatoms. The third kappa shape index (κ3) is 3.59. The van der Waals surface area contributed by atoms with Crippen molar-refractivity contribution < 1.29 is 8.42 Å². The van der Waals surface area contributed by atoms with E-state index in [4.69, 9.17) is 0 Å². The van der Waals surface area contributed by atoms with Crippen LogP contribution in [0.3, 0.4) is 0 Å². The average molecular weight is 323 g/mol. The van der Waals surface area contributed by atoms with Gasteiger partial charge >= 0.3 is 0 Å². The molecule has 1 aliphatic rings. The van der Waals surface area contributed by atoms with Crippen LogP contribution >= 0.6 is 0 Å². The number of rotatable bonds is 3. The van der Waals surface area contributed by atoms with Crippen LogP contribution in [0.25, 0.3) is 10.8 Å². The Labute approximate surface area is 131 Å². The topological polar surface area (TPSA) is 46.2 Å². The van der Waals surface area contributed by atoms with E-state index in [0.29, 0.717) is 11.5 Å². The van der Waals surface area contributed by atoms with E-state index in [0.717, 1.165) is 15.7 Å². The molecule has 1 aliphatic heterocycles. The van der Waals surface area contributed by atoms with E-state index in [1.807, 2.05) is 50.2 Å². The second-order valence-electron chi connectivity index (χ2n) is 4.78. The Morgan fingerprint density at radius 1 is 1.10 bits per heavy atom. The highest BCUT2D eigenvalue weighted by Gasteiger charge is 2.27. The lowest BCUT2D eigenvalue weighted by atomic mass is 10.1. The first-order valence-electron chi connectivity index (χ1n) is 7.16. The molecule has 1 unspecified atom stereocenters. The van der Waals surface area contributed by atoms with E-state index in [1.54, 1.807) is 0 Å². The molecule has 1 fully saturated rings. The SMILES string of the molecule is CC.Cc1ccc(S(=O)NC2CS(=O)C2)c2ccccc12. The van der Waals surface area contributed by atoms with Crippen LogP contribution in [0.2, 0.25) is 0 Å². The fourth-order valence-electron chi connectivity index (χ4n) is 2.27. The van der Waals surface area contributed by atoms with E-state index in [9.17, 15) is 8.42 Å². The molecule has 3 rings (SSSR count). The first-order valence-corrected chi connectivity index (χ1v) is 9.80. The van der Waals surface area contributed by atoms with Gasteiger partial charge in [-0.3, -0.25) is 4.21 Å². The van der Waals surface area contributed by atoms with Crippen molar-refractivity contribution in [3.05, 3.63) is 42.0 Å². The number of hydrogen-bond acceptors (Lipinski definition) is 2. The second kappa shape index (κ2) is 7.29. The Bertz CT molecular complexity index is 677. The predicted octanol–water partition coefficient (Wildman–Crippen LogP) is 2.92. The zero-order valence-corrected chi connectivity index (χ0v) is 14.2. The van der Waals surface area contributed by atoms with Crippen LogP contribution in [0.1, 0.15) is 19.4 Å². The number of nitrogens with one attached hydrogen (secondary N) is 1. The fraction of sp³-hybridized carbons (Fsp3) is 0.375. The van der Waals surface area contributed by atoms with Crippen LogP contribution in [-0.4, -0.2) is 26.0 Å². The van der Waals surface area contributed by atoms with Gasteiger partial charge in [0.1, 0.15) is 11.0 Å². The highest BCUT2D eigenvalue weighted by atomic mass is 32.2. The van der Waals surface area contributed by atoms with Crippen molar-refractivity contribution in [3.8, 4) is 0 Å². The number of fused-ring (bicyclic) bond motifs is 1. The summed E-state index contributed by atoms with van der Waals surface area (Å²) in [6.45, 7) is 6.05. The molecule has 1 atom stereocenters. The summed E-state index contributed by atoms with van der Waals surface area (Å²) in [5.41, 5.74) is 1.18. The number of hydrogen-bond donors (Lipinski definition) is 1. The average Bonchev–Trinajstić information content (AvgIpc) is 2.48. The molecule has 3 nitrogen and oxygen atoms in total. The number of aryl methyl sites for hydroxylation is 1. The molecular weight excluding hydrogens is 302 g/mol. The van der Waals surface area contributed by atoms with Crippen molar-refractivity contribution in [3.63, 3.8) is 0 Å². The van der Waals surface area contributed by atoms with Gasteiger partial charge in [0, 0.05) is 28.3 Å². The molecule has 1 saturated heterocycles. The lowest BCUT2D eigenvalue weighted by Crippen LogP contribution is -2.48. The summed E-state index contributed by atoms with van der Waals surface area (Å²) >= 11 is 0. The predicted molar refractivity (Wildman–Crippen MR) is 91.2 cm³/mol. The third-order valence-electron chi connectivity index (χ3n) is 3.35.